The van der Waals surface area contributed by atoms with Crippen LogP contribution in [0.1, 0.15) is 26.2 Å². The Labute approximate surface area is 66.6 Å². The molecule has 3 saturated carbocycles. The summed E-state index contributed by atoms with van der Waals surface area (Å²) < 4.78 is 0. The molecule has 3 rings (SSSR count). The molecule has 3 fully saturated rings. The summed E-state index contributed by atoms with van der Waals surface area (Å²) in [4.78, 5) is 10.9. The molecular formula is C7H12ClNO. The van der Waals surface area contributed by atoms with Crippen LogP contribution in [-0.2, 0) is 4.79 Å². The molecule has 0 saturated heterocycles. The van der Waals surface area contributed by atoms with E-state index in [1.54, 1.807) is 6.92 Å². The average molecular weight is 162 g/mol. The highest BCUT2D eigenvalue weighted by atomic mass is 35.5. The zero-order valence-electron chi connectivity index (χ0n) is 6.02. The van der Waals surface area contributed by atoms with Crippen LogP contribution in [0.3, 0.4) is 0 Å². The van der Waals surface area contributed by atoms with Crippen LogP contribution in [0.4, 0.5) is 0 Å². The Bertz CT molecular complexity index is 170. The monoisotopic (exact) mass is 161 g/mol. The first-order chi connectivity index (χ1) is 4.06. The first-order valence-corrected chi connectivity index (χ1v) is 3.36. The van der Waals surface area contributed by atoms with Gasteiger partial charge in [-0.1, -0.05) is 0 Å². The van der Waals surface area contributed by atoms with E-state index in [2.05, 4.69) is 0 Å². The van der Waals surface area contributed by atoms with Crippen molar-refractivity contribution in [1.29, 1.82) is 0 Å². The van der Waals surface area contributed by atoms with E-state index in [-0.39, 0.29) is 23.4 Å². The predicted molar refractivity (Wildman–Crippen MR) is 41.1 cm³/mol. The summed E-state index contributed by atoms with van der Waals surface area (Å²) in [5, 5.41) is 0. The quantitative estimate of drug-likeness (QED) is 0.621. The van der Waals surface area contributed by atoms with E-state index in [1.165, 1.54) is 0 Å². The van der Waals surface area contributed by atoms with E-state index < -0.39 is 0 Å². The van der Waals surface area contributed by atoms with Crippen molar-refractivity contribution in [2.75, 3.05) is 0 Å². The van der Waals surface area contributed by atoms with E-state index in [9.17, 15) is 4.79 Å². The van der Waals surface area contributed by atoms with Crippen molar-refractivity contribution in [3.05, 3.63) is 0 Å². The Morgan fingerprint density at radius 1 is 1.40 bits per heavy atom. The van der Waals surface area contributed by atoms with E-state index in [0.717, 1.165) is 19.3 Å². The van der Waals surface area contributed by atoms with E-state index >= 15 is 0 Å². The van der Waals surface area contributed by atoms with Gasteiger partial charge in [0.2, 0.25) is 0 Å². The van der Waals surface area contributed by atoms with Crippen molar-refractivity contribution in [1.82, 2.24) is 0 Å². The number of nitrogens with two attached hydrogens (primary N) is 1. The molecular weight excluding hydrogens is 150 g/mol. The standard InChI is InChI=1S/C7H11NO.ClH/c1-5(9)6-2-7(8,3-6)4-6;/h2-4,8H2,1H3;1H. The van der Waals surface area contributed by atoms with Gasteiger partial charge in [0.25, 0.3) is 0 Å². The van der Waals surface area contributed by atoms with Gasteiger partial charge in [0.1, 0.15) is 5.78 Å². The lowest BCUT2D eigenvalue weighted by Crippen LogP contribution is -2.74. The molecule has 2 N–H and O–H groups in total. The van der Waals surface area contributed by atoms with Crippen LogP contribution in [0.15, 0.2) is 0 Å². The third-order valence-electron chi connectivity index (χ3n) is 2.82. The van der Waals surface area contributed by atoms with E-state index in [4.69, 9.17) is 5.73 Å². The van der Waals surface area contributed by atoms with Gasteiger partial charge in [-0.25, -0.2) is 0 Å². The molecule has 0 amide bonds. The SMILES string of the molecule is CC(=O)C12CC(N)(C1)C2.Cl. The van der Waals surface area contributed by atoms with Crippen molar-refractivity contribution < 1.29 is 4.79 Å². The molecule has 2 nitrogen and oxygen atoms in total. The summed E-state index contributed by atoms with van der Waals surface area (Å²) in [7, 11) is 0. The Kier molecular flexibility index (Phi) is 1.40. The topological polar surface area (TPSA) is 43.1 Å². The van der Waals surface area contributed by atoms with Crippen LogP contribution in [0.2, 0.25) is 0 Å². The van der Waals surface area contributed by atoms with Gasteiger partial charge in [0.05, 0.1) is 0 Å². The number of hydrogen-bond acceptors (Lipinski definition) is 2. The first-order valence-electron chi connectivity index (χ1n) is 3.36. The molecule has 58 valence electrons. The lowest BCUT2D eigenvalue weighted by Gasteiger charge is -2.67. The second-order valence-electron chi connectivity index (χ2n) is 3.73. The van der Waals surface area contributed by atoms with Crippen LogP contribution in [0, 0.1) is 5.41 Å². The number of ketones is 1. The van der Waals surface area contributed by atoms with Crippen LogP contribution in [0.5, 0.6) is 0 Å². The lowest BCUT2D eigenvalue weighted by molar-refractivity contribution is -0.167. The molecule has 0 aromatic carbocycles. The second-order valence-corrected chi connectivity index (χ2v) is 3.73. The van der Waals surface area contributed by atoms with Crippen LogP contribution >= 0.6 is 12.4 Å². The van der Waals surface area contributed by atoms with Gasteiger partial charge < -0.3 is 5.73 Å². The normalized spacial score (nSPS) is 48.2. The highest BCUT2D eigenvalue weighted by Gasteiger charge is 2.68. The Morgan fingerprint density at radius 2 is 1.80 bits per heavy atom. The van der Waals surface area contributed by atoms with Gasteiger partial charge in [0, 0.05) is 11.0 Å². The number of carbonyl (C=O) groups excluding carboxylic acids is 1. The molecule has 0 radical (unpaired) electrons. The van der Waals surface area contributed by atoms with E-state index in [0.29, 0.717) is 5.78 Å². The van der Waals surface area contributed by atoms with Crippen LogP contribution in [0.25, 0.3) is 0 Å². The molecule has 2 bridgehead atoms. The van der Waals surface area contributed by atoms with Gasteiger partial charge >= 0.3 is 0 Å². The van der Waals surface area contributed by atoms with Crippen molar-refractivity contribution in [3.63, 3.8) is 0 Å². The Balaban J connectivity index is 0.000000500. The van der Waals surface area contributed by atoms with Crippen molar-refractivity contribution in [2.45, 2.75) is 31.7 Å². The minimum Gasteiger partial charge on any atom is -0.325 e. The number of rotatable bonds is 1. The fourth-order valence-corrected chi connectivity index (χ4v) is 2.24. The Morgan fingerprint density at radius 3 is 1.90 bits per heavy atom. The number of Topliss-reactive ketones (excluding diaryl/α,β-unsaturated/α-hetero) is 1. The maximum Gasteiger partial charge on any atom is 0.136 e. The van der Waals surface area contributed by atoms with Crippen LogP contribution < -0.4 is 5.73 Å². The summed E-state index contributed by atoms with van der Waals surface area (Å²) in [6, 6.07) is 0. The zero-order valence-corrected chi connectivity index (χ0v) is 6.83. The molecule has 3 aliphatic carbocycles. The van der Waals surface area contributed by atoms with Gasteiger partial charge in [-0.15, -0.1) is 12.4 Å². The summed E-state index contributed by atoms with van der Waals surface area (Å²) >= 11 is 0. The fraction of sp³-hybridized carbons (Fsp3) is 0.857. The molecule has 0 heterocycles. The minimum absolute atomic E-state index is 0. The van der Waals surface area contributed by atoms with Gasteiger partial charge in [-0.3, -0.25) is 4.79 Å². The highest BCUT2D eigenvalue weighted by Crippen LogP contribution is 2.66. The van der Waals surface area contributed by atoms with E-state index in [1.807, 2.05) is 0 Å². The van der Waals surface area contributed by atoms with Crippen LogP contribution in [-0.4, -0.2) is 11.3 Å². The van der Waals surface area contributed by atoms with Crippen molar-refractivity contribution >= 4 is 18.2 Å². The molecule has 3 aliphatic rings. The van der Waals surface area contributed by atoms with Crippen molar-refractivity contribution in [3.8, 4) is 0 Å². The maximum atomic E-state index is 10.9. The fourth-order valence-electron chi connectivity index (χ4n) is 2.24. The summed E-state index contributed by atoms with van der Waals surface area (Å²) in [6.45, 7) is 1.68. The molecule has 3 heteroatoms. The molecule has 0 atom stereocenters. The third-order valence-corrected chi connectivity index (χ3v) is 2.82. The maximum absolute atomic E-state index is 10.9. The average Bonchev–Trinajstić information content (AvgIpc) is 1.54. The molecule has 0 spiro atoms. The van der Waals surface area contributed by atoms with Crippen molar-refractivity contribution in [2.24, 2.45) is 11.1 Å². The highest BCUT2D eigenvalue weighted by molar-refractivity contribution is 5.86. The van der Waals surface area contributed by atoms with Gasteiger partial charge in [-0.2, -0.15) is 0 Å². The number of carbonyl (C=O) groups is 1. The van der Waals surface area contributed by atoms with Gasteiger partial charge in [0.15, 0.2) is 0 Å². The molecule has 0 aromatic rings. The summed E-state index contributed by atoms with van der Waals surface area (Å²) in [6.07, 6.45) is 2.86. The molecule has 0 aliphatic heterocycles. The first kappa shape index (κ1) is 8.02. The minimum atomic E-state index is 0. The zero-order chi connectivity index (χ0) is 6.70. The Hall–Kier alpha value is -0.0800. The second kappa shape index (κ2) is 1.74. The van der Waals surface area contributed by atoms with Gasteiger partial charge in [-0.05, 0) is 26.2 Å². The predicted octanol–water partition coefficient (Wildman–Crippen LogP) is 0.879. The smallest absolute Gasteiger partial charge is 0.136 e. The molecule has 0 unspecified atom stereocenters. The third kappa shape index (κ3) is 0.663. The number of hydrogen-bond donors (Lipinski definition) is 1. The summed E-state index contributed by atoms with van der Waals surface area (Å²) in [5.41, 5.74) is 5.91. The lowest BCUT2D eigenvalue weighted by atomic mass is 9.38. The number of halogens is 1. The molecule has 0 aromatic heterocycles. The largest absolute Gasteiger partial charge is 0.325 e. The summed E-state index contributed by atoms with van der Waals surface area (Å²) in [5.74, 6) is 0.342. The molecule has 10 heavy (non-hydrogen) atoms.